The largest absolute Gasteiger partial charge is 0.502 e. The quantitative estimate of drug-likeness (QED) is 0.421. The molecule has 2 N–H and O–H groups in total. The van der Waals surface area contributed by atoms with Crippen molar-refractivity contribution in [2.75, 3.05) is 19.6 Å². The fourth-order valence-electron chi connectivity index (χ4n) is 3.31. The fourth-order valence-corrected chi connectivity index (χ4v) is 3.31. The van der Waals surface area contributed by atoms with Crippen LogP contribution < -0.4 is 0 Å². The molecule has 1 saturated heterocycles. The van der Waals surface area contributed by atoms with Gasteiger partial charge in [0, 0.05) is 36.4 Å². The molecular weight excluding hydrogens is 406 g/mol. The summed E-state index contributed by atoms with van der Waals surface area (Å²) in [4.78, 5) is 35.3. The van der Waals surface area contributed by atoms with Crippen molar-refractivity contribution in [2.45, 2.75) is 6.92 Å². The van der Waals surface area contributed by atoms with Gasteiger partial charge in [0.05, 0.1) is 9.85 Å². The van der Waals surface area contributed by atoms with Crippen molar-refractivity contribution in [3.05, 3.63) is 78.9 Å². The van der Waals surface area contributed by atoms with E-state index in [1.165, 1.54) is 36.4 Å². The number of benzene rings is 2. The molecule has 10 heteroatoms. The summed E-state index contributed by atoms with van der Waals surface area (Å²) in [6.45, 7) is 3.30. The zero-order chi connectivity index (χ0) is 22.7. The fraction of sp³-hybridized carbons (Fsp3) is 0.190. The SMILES string of the molecule is CCN1C/C(=C/c2ccc([N+](=O)[O-])c(O)c2)C(=O)/C(=C/c2ccc([N+](=O)[O-])c(O)c2)C1. The van der Waals surface area contributed by atoms with Crippen LogP contribution in [-0.2, 0) is 4.79 Å². The summed E-state index contributed by atoms with van der Waals surface area (Å²) in [5.74, 6) is -1.24. The molecule has 1 aliphatic rings. The number of piperidine rings is 1. The normalized spacial score (nSPS) is 17.3. The highest BCUT2D eigenvalue weighted by atomic mass is 16.6. The van der Waals surface area contributed by atoms with Gasteiger partial charge in [0.2, 0.25) is 0 Å². The van der Waals surface area contributed by atoms with Crippen LogP contribution in [0.2, 0.25) is 0 Å². The predicted octanol–water partition coefficient (Wildman–Crippen LogP) is 3.29. The van der Waals surface area contributed by atoms with Crippen molar-refractivity contribution < 1.29 is 24.9 Å². The molecule has 0 bridgehead atoms. The first-order valence-electron chi connectivity index (χ1n) is 9.32. The van der Waals surface area contributed by atoms with E-state index in [1.54, 1.807) is 12.2 Å². The molecule has 0 radical (unpaired) electrons. The maximum absolute atomic E-state index is 13.0. The minimum atomic E-state index is -0.697. The summed E-state index contributed by atoms with van der Waals surface area (Å²) < 4.78 is 0. The van der Waals surface area contributed by atoms with E-state index in [0.717, 1.165) is 0 Å². The highest BCUT2D eigenvalue weighted by molar-refractivity contribution is 6.14. The molecule has 0 aliphatic carbocycles. The number of nitro groups is 2. The predicted molar refractivity (Wildman–Crippen MR) is 113 cm³/mol. The lowest BCUT2D eigenvalue weighted by Gasteiger charge is -2.28. The molecule has 31 heavy (non-hydrogen) atoms. The van der Waals surface area contributed by atoms with E-state index in [0.29, 0.717) is 41.9 Å². The van der Waals surface area contributed by atoms with Gasteiger partial charge in [0.25, 0.3) is 0 Å². The first-order chi connectivity index (χ1) is 14.7. The van der Waals surface area contributed by atoms with Crippen LogP contribution >= 0.6 is 0 Å². The van der Waals surface area contributed by atoms with Gasteiger partial charge in [-0.2, -0.15) is 0 Å². The van der Waals surface area contributed by atoms with Gasteiger partial charge in [-0.05, 0) is 54.1 Å². The Morgan fingerprint density at radius 1 is 0.903 bits per heavy atom. The summed E-state index contributed by atoms with van der Waals surface area (Å²) in [6, 6.07) is 7.68. The number of aromatic hydroxyl groups is 2. The number of ketones is 1. The average molecular weight is 425 g/mol. The van der Waals surface area contributed by atoms with E-state index < -0.39 is 32.7 Å². The first kappa shape index (κ1) is 21.7. The monoisotopic (exact) mass is 425 g/mol. The molecule has 0 atom stereocenters. The second kappa shape index (κ2) is 8.76. The maximum atomic E-state index is 13.0. The van der Waals surface area contributed by atoms with Crippen molar-refractivity contribution in [2.24, 2.45) is 0 Å². The lowest BCUT2D eigenvalue weighted by molar-refractivity contribution is -0.386. The third-order valence-corrected chi connectivity index (χ3v) is 4.89. The van der Waals surface area contributed by atoms with Crippen LogP contribution in [0.25, 0.3) is 12.2 Å². The Kier molecular flexibility index (Phi) is 6.12. The number of carbonyl (C=O) groups excluding carboxylic acids is 1. The minimum absolute atomic E-state index is 0.250. The summed E-state index contributed by atoms with van der Waals surface area (Å²) in [5, 5.41) is 41.4. The lowest BCUT2D eigenvalue weighted by atomic mass is 9.94. The zero-order valence-corrected chi connectivity index (χ0v) is 16.5. The van der Waals surface area contributed by atoms with Gasteiger partial charge in [-0.25, -0.2) is 0 Å². The number of likely N-dealkylation sites (tertiary alicyclic amines) is 1. The van der Waals surface area contributed by atoms with Crippen LogP contribution in [0.1, 0.15) is 18.1 Å². The molecule has 0 saturated carbocycles. The van der Waals surface area contributed by atoms with E-state index in [2.05, 4.69) is 0 Å². The van der Waals surface area contributed by atoms with E-state index in [-0.39, 0.29) is 5.78 Å². The number of Topliss-reactive ketones (excluding diaryl/α,β-unsaturated/α-hetero) is 1. The van der Waals surface area contributed by atoms with Crippen LogP contribution in [0.4, 0.5) is 11.4 Å². The van der Waals surface area contributed by atoms with Crippen molar-refractivity contribution >= 4 is 29.3 Å². The van der Waals surface area contributed by atoms with E-state index >= 15 is 0 Å². The number of nitro benzene ring substituents is 2. The van der Waals surface area contributed by atoms with Gasteiger partial charge in [-0.1, -0.05) is 6.92 Å². The number of likely N-dealkylation sites (N-methyl/N-ethyl adjacent to an activating group) is 1. The highest BCUT2D eigenvalue weighted by Gasteiger charge is 2.26. The standard InChI is InChI=1S/C21H19N3O7/c1-2-22-11-15(7-13-3-5-17(23(28)29)19(25)9-13)21(27)16(12-22)8-14-4-6-18(24(30)31)20(26)10-14/h3-10,25-26H,2,11-12H2,1H3/b15-7-,16-8+. The Morgan fingerprint density at radius 3 is 1.65 bits per heavy atom. The van der Waals surface area contributed by atoms with Crippen LogP contribution in [-0.4, -0.2) is 50.4 Å². The molecule has 2 aromatic carbocycles. The maximum Gasteiger partial charge on any atom is 0.310 e. The molecule has 1 aliphatic heterocycles. The van der Waals surface area contributed by atoms with Crippen LogP contribution in [0, 0.1) is 20.2 Å². The molecular formula is C21H19N3O7. The zero-order valence-electron chi connectivity index (χ0n) is 16.5. The third kappa shape index (κ3) is 4.75. The average Bonchev–Trinajstić information content (AvgIpc) is 2.70. The summed E-state index contributed by atoms with van der Waals surface area (Å²) in [6.07, 6.45) is 3.13. The van der Waals surface area contributed by atoms with Crippen molar-refractivity contribution in [3.8, 4) is 11.5 Å². The molecule has 1 fully saturated rings. The van der Waals surface area contributed by atoms with Crippen molar-refractivity contribution in [1.82, 2.24) is 4.90 Å². The minimum Gasteiger partial charge on any atom is -0.502 e. The second-order valence-electron chi connectivity index (χ2n) is 6.98. The molecule has 0 amide bonds. The molecule has 0 unspecified atom stereocenters. The van der Waals surface area contributed by atoms with Gasteiger partial charge in [-0.15, -0.1) is 0 Å². The topological polar surface area (TPSA) is 147 Å². The third-order valence-electron chi connectivity index (χ3n) is 4.89. The summed E-state index contributed by atoms with van der Waals surface area (Å²) in [7, 11) is 0. The Morgan fingerprint density at radius 2 is 1.32 bits per heavy atom. The van der Waals surface area contributed by atoms with Gasteiger partial charge in [0.1, 0.15) is 0 Å². The van der Waals surface area contributed by atoms with Gasteiger partial charge in [-0.3, -0.25) is 29.9 Å². The molecule has 10 nitrogen and oxygen atoms in total. The van der Waals surface area contributed by atoms with E-state index in [1.807, 2.05) is 11.8 Å². The number of nitrogens with zero attached hydrogens (tertiary/aromatic N) is 3. The second-order valence-corrected chi connectivity index (χ2v) is 6.98. The number of phenolic OH excluding ortho intramolecular Hbond substituents is 2. The number of hydrogen-bond acceptors (Lipinski definition) is 8. The molecule has 0 aromatic heterocycles. The van der Waals surface area contributed by atoms with Crippen molar-refractivity contribution in [1.29, 1.82) is 0 Å². The molecule has 1 heterocycles. The van der Waals surface area contributed by atoms with Gasteiger partial charge < -0.3 is 10.2 Å². The van der Waals surface area contributed by atoms with E-state index in [4.69, 9.17) is 0 Å². The van der Waals surface area contributed by atoms with Crippen molar-refractivity contribution in [3.63, 3.8) is 0 Å². The molecule has 160 valence electrons. The highest BCUT2D eigenvalue weighted by Crippen LogP contribution is 2.30. The molecule has 0 spiro atoms. The van der Waals surface area contributed by atoms with E-state index in [9.17, 15) is 35.2 Å². The summed E-state index contributed by atoms with van der Waals surface area (Å²) >= 11 is 0. The van der Waals surface area contributed by atoms with Crippen LogP contribution in [0.15, 0.2) is 47.5 Å². The number of rotatable bonds is 5. The van der Waals surface area contributed by atoms with Crippen LogP contribution in [0.3, 0.4) is 0 Å². The molecule has 2 aromatic rings. The smallest absolute Gasteiger partial charge is 0.310 e. The summed E-state index contributed by atoms with van der Waals surface area (Å²) in [5.41, 5.74) is 0.891. The van der Waals surface area contributed by atoms with Crippen LogP contribution in [0.5, 0.6) is 11.5 Å². The Labute approximate surface area is 176 Å². The Hall–Kier alpha value is -4.05. The lowest BCUT2D eigenvalue weighted by Crippen LogP contribution is -2.37. The Balaban J connectivity index is 1.96. The number of carbonyl (C=O) groups is 1. The Bertz CT molecular complexity index is 1050. The van der Waals surface area contributed by atoms with Gasteiger partial charge >= 0.3 is 11.4 Å². The molecule has 3 rings (SSSR count). The first-order valence-corrected chi connectivity index (χ1v) is 9.32. The van der Waals surface area contributed by atoms with Gasteiger partial charge in [0.15, 0.2) is 17.3 Å². The number of hydrogen-bond donors (Lipinski definition) is 2. The number of phenols is 2.